The van der Waals surface area contributed by atoms with E-state index in [0.717, 1.165) is 44.7 Å². The number of piperidine rings is 2. The Morgan fingerprint density at radius 1 is 1.00 bits per heavy atom. The Morgan fingerprint density at radius 2 is 1.71 bits per heavy atom. The van der Waals surface area contributed by atoms with Gasteiger partial charge in [-0.3, -0.25) is 4.79 Å². The standard InChI is InChI=1S/C22H29N5O/c1-17-9-13-27(14-10-17)22(28)20-15-21(24-16-23-20)25-18-5-7-19(8-6-18)26-11-3-2-4-12-26/h5-8,15-17H,2-4,9-14H2,1H3,(H,23,24,25). The first-order valence-corrected chi connectivity index (χ1v) is 10.4. The van der Waals surface area contributed by atoms with Gasteiger partial charge in [0.05, 0.1) is 0 Å². The summed E-state index contributed by atoms with van der Waals surface area (Å²) >= 11 is 0. The first-order chi connectivity index (χ1) is 13.7. The first-order valence-electron chi connectivity index (χ1n) is 10.4. The average Bonchev–Trinajstić information content (AvgIpc) is 2.75. The molecule has 6 heteroatoms. The molecular formula is C22H29N5O. The van der Waals surface area contributed by atoms with Crippen LogP contribution in [-0.2, 0) is 0 Å². The number of aromatic nitrogens is 2. The average molecular weight is 380 g/mol. The van der Waals surface area contributed by atoms with E-state index in [9.17, 15) is 4.79 Å². The second-order valence-corrected chi connectivity index (χ2v) is 7.98. The molecule has 0 bridgehead atoms. The lowest BCUT2D eigenvalue weighted by atomic mass is 9.99. The Hall–Kier alpha value is -2.63. The molecule has 0 aliphatic carbocycles. The molecule has 1 amide bonds. The van der Waals surface area contributed by atoms with Crippen LogP contribution < -0.4 is 10.2 Å². The van der Waals surface area contributed by atoms with Gasteiger partial charge in [-0.1, -0.05) is 6.92 Å². The van der Waals surface area contributed by atoms with E-state index in [2.05, 4.69) is 51.4 Å². The van der Waals surface area contributed by atoms with Gasteiger partial charge in [0, 0.05) is 43.6 Å². The van der Waals surface area contributed by atoms with Crippen LogP contribution in [0.25, 0.3) is 0 Å². The Labute approximate surface area is 167 Å². The lowest BCUT2D eigenvalue weighted by Gasteiger charge is -2.30. The van der Waals surface area contributed by atoms with Crippen molar-refractivity contribution in [3.8, 4) is 0 Å². The fourth-order valence-corrected chi connectivity index (χ4v) is 3.97. The summed E-state index contributed by atoms with van der Waals surface area (Å²) in [6.07, 6.45) is 7.46. The molecule has 2 saturated heterocycles. The molecule has 0 radical (unpaired) electrons. The molecule has 2 aliphatic heterocycles. The Morgan fingerprint density at radius 3 is 2.43 bits per heavy atom. The highest BCUT2D eigenvalue weighted by Crippen LogP contribution is 2.24. The highest BCUT2D eigenvalue weighted by Gasteiger charge is 2.22. The van der Waals surface area contributed by atoms with Crippen molar-refractivity contribution in [2.45, 2.75) is 39.0 Å². The summed E-state index contributed by atoms with van der Waals surface area (Å²) in [6, 6.07) is 10.2. The molecule has 3 heterocycles. The summed E-state index contributed by atoms with van der Waals surface area (Å²) < 4.78 is 0. The van der Waals surface area contributed by atoms with Gasteiger partial charge < -0.3 is 15.1 Å². The highest BCUT2D eigenvalue weighted by atomic mass is 16.2. The Balaban J connectivity index is 1.41. The van der Waals surface area contributed by atoms with Crippen LogP contribution in [-0.4, -0.2) is 47.0 Å². The minimum atomic E-state index is -0.00204. The van der Waals surface area contributed by atoms with E-state index in [1.165, 1.54) is 31.3 Å². The number of carbonyl (C=O) groups is 1. The van der Waals surface area contributed by atoms with Crippen molar-refractivity contribution >= 4 is 23.1 Å². The molecule has 148 valence electrons. The lowest BCUT2D eigenvalue weighted by Crippen LogP contribution is -2.38. The van der Waals surface area contributed by atoms with E-state index >= 15 is 0 Å². The number of amides is 1. The van der Waals surface area contributed by atoms with Crippen LogP contribution in [0.15, 0.2) is 36.7 Å². The zero-order chi connectivity index (χ0) is 19.3. The summed E-state index contributed by atoms with van der Waals surface area (Å²) in [6.45, 7) is 6.14. The van der Waals surface area contributed by atoms with E-state index in [1.807, 2.05) is 4.90 Å². The fourth-order valence-electron chi connectivity index (χ4n) is 3.97. The van der Waals surface area contributed by atoms with Gasteiger partial charge in [-0.2, -0.15) is 0 Å². The summed E-state index contributed by atoms with van der Waals surface area (Å²) in [7, 11) is 0. The van der Waals surface area contributed by atoms with Crippen LogP contribution in [0.5, 0.6) is 0 Å². The van der Waals surface area contributed by atoms with Gasteiger partial charge in [-0.05, 0) is 62.3 Å². The summed E-state index contributed by atoms with van der Waals surface area (Å²) in [5.74, 6) is 1.34. The maximum Gasteiger partial charge on any atom is 0.272 e. The van der Waals surface area contributed by atoms with E-state index in [-0.39, 0.29) is 5.91 Å². The van der Waals surface area contributed by atoms with Gasteiger partial charge in [-0.25, -0.2) is 9.97 Å². The maximum atomic E-state index is 12.7. The van der Waals surface area contributed by atoms with Gasteiger partial charge in [0.25, 0.3) is 5.91 Å². The van der Waals surface area contributed by atoms with Crippen LogP contribution in [0.4, 0.5) is 17.2 Å². The van der Waals surface area contributed by atoms with Crippen molar-refractivity contribution in [3.63, 3.8) is 0 Å². The molecule has 0 saturated carbocycles. The predicted molar refractivity (Wildman–Crippen MR) is 112 cm³/mol. The second-order valence-electron chi connectivity index (χ2n) is 7.98. The summed E-state index contributed by atoms with van der Waals surface area (Å²) in [4.78, 5) is 25.6. The molecule has 6 nitrogen and oxygen atoms in total. The topological polar surface area (TPSA) is 61.4 Å². The molecule has 1 aromatic heterocycles. The molecule has 1 aromatic carbocycles. The molecule has 4 rings (SSSR count). The number of benzene rings is 1. The fraction of sp³-hybridized carbons (Fsp3) is 0.500. The van der Waals surface area contributed by atoms with E-state index in [1.54, 1.807) is 6.07 Å². The van der Waals surface area contributed by atoms with Crippen LogP contribution in [0.3, 0.4) is 0 Å². The minimum Gasteiger partial charge on any atom is -0.372 e. The van der Waals surface area contributed by atoms with Gasteiger partial charge in [0.15, 0.2) is 0 Å². The highest BCUT2D eigenvalue weighted by molar-refractivity contribution is 5.93. The van der Waals surface area contributed by atoms with E-state index in [4.69, 9.17) is 0 Å². The minimum absolute atomic E-state index is 0.00204. The third kappa shape index (κ3) is 4.43. The maximum absolute atomic E-state index is 12.7. The van der Waals surface area contributed by atoms with Crippen LogP contribution in [0.2, 0.25) is 0 Å². The van der Waals surface area contributed by atoms with E-state index < -0.39 is 0 Å². The molecule has 2 fully saturated rings. The van der Waals surface area contributed by atoms with Gasteiger partial charge in [0.1, 0.15) is 17.8 Å². The summed E-state index contributed by atoms with van der Waals surface area (Å²) in [5.41, 5.74) is 2.68. The lowest BCUT2D eigenvalue weighted by molar-refractivity contribution is 0.0691. The number of hydrogen-bond acceptors (Lipinski definition) is 5. The number of rotatable bonds is 4. The predicted octanol–water partition coefficient (Wildman–Crippen LogP) is 4.08. The number of likely N-dealkylation sites (tertiary alicyclic amines) is 1. The van der Waals surface area contributed by atoms with Crippen molar-refractivity contribution in [3.05, 3.63) is 42.4 Å². The monoisotopic (exact) mass is 379 g/mol. The number of anilines is 3. The smallest absolute Gasteiger partial charge is 0.272 e. The molecule has 28 heavy (non-hydrogen) atoms. The summed E-state index contributed by atoms with van der Waals surface area (Å²) in [5, 5.41) is 3.30. The largest absolute Gasteiger partial charge is 0.372 e. The number of hydrogen-bond donors (Lipinski definition) is 1. The van der Waals surface area contributed by atoms with Gasteiger partial charge >= 0.3 is 0 Å². The molecular weight excluding hydrogens is 350 g/mol. The van der Waals surface area contributed by atoms with Gasteiger partial charge in [-0.15, -0.1) is 0 Å². The second kappa shape index (κ2) is 8.59. The van der Waals surface area contributed by atoms with Crippen LogP contribution >= 0.6 is 0 Å². The van der Waals surface area contributed by atoms with Crippen molar-refractivity contribution in [2.75, 3.05) is 36.4 Å². The van der Waals surface area contributed by atoms with Crippen molar-refractivity contribution in [1.82, 2.24) is 14.9 Å². The quantitative estimate of drug-likeness (QED) is 0.867. The van der Waals surface area contributed by atoms with Crippen LogP contribution in [0, 0.1) is 5.92 Å². The van der Waals surface area contributed by atoms with Crippen molar-refractivity contribution in [2.24, 2.45) is 5.92 Å². The number of nitrogens with zero attached hydrogens (tertiary/aromatic N) is 4. The third-order valence-electron chi connectivity index (χ3n) is 5.82. The SMILES string of the molecule is CC1CCN(C(=O)c2cc(Nc3ccc(N4CCCCC4)cc3)ncn2)CC1. The Bertz CT molecular complexity index is 793. The normalized spacial score (nSPS) is 18.2. The molecule has 2 aliphatic rings. The third-order valence-corrected chi connectivity index (χ3v) is 5.82. The van der Waals surface area contributed by atoms with Crippen molar-refractivity contribution < 1.29 is 4.79 Å². The molecule has 0 unspecified atom stereocenters. The molecule has 1 N–H and O–H groups in total. The zero-order valence-electron chi connectivity index (χ0n) is 16.6. The van der Waals surface area contributed by atoms with Gasteiger partial charge in [0.2, 0.25) is 0 Å². The Kier molecular flexibility index (Phi) is 5.74. The van der Waals surface area contributed by atoms with Crippen LogP contribution in [0.1, 0.15) is 49.5 Å². The molecule has 0 atom stereocenters. The molecule has 2 aromatic rings. The number of carbonyl (C=O) groups excluding carboxylic acids is 1. The first kappa shape index (κ1) is 18.7. The van der Waals surface area contributed by atoms with Crippen molar-refractivity contribution in [1.29, 1.82) is 0 Å². The van der Waals surface area contributed by atoms with E-state index in [0.29, 0.717) is 17.4 Å². The number of nitrogens with one attached hydrogen (secondary N) is 1. The zero-order valence-corrected chi connectivity index (χ0v) is 16.6. The molecule has 0 spiro atoms.